The van der Waals surface area contributed by atoms with Crippen molar-refractivity contribution in [2.45, 2.75) is 25.0 Å². The number of carboxylic acids is 1. The van der Waals surface area contributed by atoms with Gasteiger partial charge in [0.15, 0.2) is 5.69 Å². The second-order valence-electron chi connectivity index (χ2n) is 4.38. The van der Waals surface area contributed by atoms with Gasteiger partial charge in [-0.2, -0.15) is 0 Å². The van der Waals surface area contributed by atoms with Gasteiger partial charge in [0.1, 0.15) is 12.2 Å². The summed E-state index contributed by atoms with van der Waals surface area (Å²) in [7, 11) is 0. The number of ether oxygens (including phenoxy) is 1. The van der Waals surface area contributed by atoms with E-state index >= 15 is 0 Å². The molecular weight excluding hydrogens is 252 g/mol. The van der Waals surface area contributed by atoms with Crippen molar-refractivity contribution in [2.24, 2.45) is 0 Å². The van der Waals surface area contributed by atoms with E-state index in [2.05, 4.69) is 4.98 Å². The third kappa shape index (κ3) is 1.70. The summed E-state index contributed by atoms with van der Waals surface area (Å²) in [6.45, 7) is 0. The smallest absolute Gasteiger partial charge is 0.356 e. The lowest BCUT2D eigenvalue weighted by atomic mass is 10.2. The number of fused-ring (bicyclic) bond motifs is 2. The van der Waals surface area contributed by atoms with Crippen LogP contribution in [-0.4, -0.2) is 40.1 Å². The van der Waals surface area contributed by atoms with E-state index < -0.39 is 30.0 Å². The number of hydrogen-bond acceptors (Lipinski definition) is 5. The van der Waals surface area contributed by atoms with Crippen LogP contribution in [-0.2, 0) is 14.3 Å². The maximum atomic E-state index is 12.1. The van der Waals surface area contributed by atoms with Gasteiger partial charge in [0.05, 0.1) is 5.69 Å². The number of imide groups is 1. The average Bonchev–Trinajstić information content (AvgIpc) is 2.84. The van der Waals surface area contributed by atoms with Crippen LogP contribution in [0.5, 0.6) is 0 Å². The topological polar surface area (TPSA) is 96.8 Å². The third-order valence-corrected chi connectivity index (χ3v) is 3.24. The number of anilines is 1. The van der Waals surface area contributed by atoms with Gasteiger partial charge >= 0.3 is 5.97 Å². The van der Waals surface area contributed by atoms with Gasteiger partial charge in [-0.3, -0.25) is 9.59 Å². The molecule has 3 rings (SSSR count). The van der Waals surface area contributed by atoms with Crippen molar-refractivity contribution in [3.8, 4) is 0 Å². The van der Waals surface area contributed by atoms with Gasteiger partial charge in [-0.15, -0.1) is 0 Å². The Balaban J connectivity index is 2.09. The first-order valence-corrected chi connectivity index (χ1v) is 5.81. The van der Waals surface area contributed by atoms with Crippen molar-refractivity contribution in [3.05, 3.63) is 24.0 Å². The van der Waals surface area contributed by atoms with Crippen molar-refractivity contribution >= 4 is 23.5 Å². The molecule has 0 radical (unpaired) electrons. The zero-order chi connectivity index (χ0) is 13.6. The summed E-state index contributed by atoms with van der Waals surface area (Å²) >= 11 is 0. The fourth-order valence-electron chi connectivity index (χ4n) is 2.38. The number of aromatic nitrogens is 1. The predicted molar refractivity (Wildman–Crippen MR) is 61.6 cm³/mol. The summed E-state index contributed by atoms with van der Waals surface area (Å²) < 4.78 is 5.27. The third-order valence-electron chi connectivity index (χ3n) is 3.24. The Bertz CT molecular complexity index is 563. The van der Waals surface area contributed by atoms with Crippen molar-refractivity contribution in [3.63, 3.8) is 0 Å². The molecule has 1 N–H and O–H groups in total. The number of amides is 2. The Morgan fingerprint density at radius 1 is 1.32 bits per heavy atom. The minimum absolute atomic E-state index is 0.00481. The monoisotopic (exact) mass is 262 g/mol. The number of carboxylic acid groups (broad SMARTS) is 1. The lowest BCUT2D eigenvalue weighted by Gasteiger charge is -2.30. The van der Waals surface area contributed by atoms with Crippen LogP contribution in [0.2, 0.25) is 0 Å². The van der Waals surface area contributed by atoms with E-state index in [0.717, 1.165) is 4.90 Å². The van der Waals surface area contributed by atoms with E-state index in [4.69, 9.17) is 9.84 Å². The maximum absolute atomic E-state index is 12.1. The summed E-state index contributed by atoms with van der Waals surface area (Å²) in [6, 6.07) is 2.89. The van der Waals surface area contributed by atoms with E-state index in [9.17, 15) is 14.4 Å². The Hall–Kier alpha value is -2.28. The molecule has 2 saturated heterocycles. The maximum Gasteiger partial charge on any atom is 0.356 e. The largest absolute Gasteiger partial charge is 0.476 e. The van der Waals surface area contributed by atoms with Gasteiger partial charge in [-0.1, -0.05) is 0 Å². The molecule has 2 unspecified atom stereocenters. The summed E-state index contributed by atoms with van der Waals surface area (Å²) in [5, 5.41) is 9.07. The average molecular weight is 262 g/mol. The fourth-order valence-corrected chi connectivity index (χ4v) is 2.38. The molecule has 3 heterocycles. The molecule has 0 aromatic carbocycles. The molecule has 1 aromatic rings. The predicted octanol–water partition coefficient (Wildman–Crippen LogP) is 0.201. The van der Waals surface area contributed by atoms with Gasteiger partial charge in [-0.05, 0) is 25.0 Å². The molecule has 19 heavy (non-hydrogen) atoms. The van der Waals surface area contributed by atoms with Gasteiger partial charge in [-0.25, -0.2) is 14.7 Å². The van der Waals surface area contributed by atoms with E-state index in [1.165, 1.54) is 18.3 Å². The van der Waals surface area contributed by atoms with Crippen molar-refractivity contribution in [2.75, 3.05) is 4.90 Å². The van der Waals surface area contributed by atoms with E-state index in [1.807, 2.05) is 0 Å². The quantitative estimate of drug-likeness (QED) is 0.765. The lowest BCUT2D eigenvalue weighted by molar-refractivity contribution is -0.146. The zero-order valence-electron chi connectivity index (χ0n) is 9.78. The molecule has 0 aliphatic carbocycles. The molecule has 2 fully saturated rings. The molecular formula is C12H10N2O5. The number of nitrogens with zero attached hydrogens (tertiary/aromatic N) is 2. The highest BCUT2D eigenvalue weighted by Gasteiger charge is 2.48. The van der Waals surface area contributed by atoms with Crippen LogP contribution in [0.15, 0.2) is 18.3 Å². The van der Waals surface area contributed by atoms with Crippen molar-refractivity contribution in [1.82, 2.24) is 4.98 Å². The van der Waals surface area contributed by atoms with E-state index in [-0.39, 0.29) is 11.4 Å². The Labute approximate surface area is 107 Å². The molecule has 7 nitrogen and oxygen atoms in total. The van der Waals surface area contributed by atoms with Crippen LogP contribution in [0.3, 0.4) is 0 Å². The molecule has 2 amide bonds. The highest BCUT2D eigenvalue weighted by molar-refractivity contribution is 6.21. The lowest BCUT2D eigenvalue weighted by Crippen LogP contribution is -2.52. The van der Waals surface area contributed by atoms with E-state index in [0.29, 0.717) is 12.8 Å². The Kier molecular flexibility index (Phi) is 2.56. The van der Waals surface area contributed by atoms with Gasteiger partial charge in [0.2, 0.25) is 0 Å². The van der Waals surface area contributed by atoms with Crippen LogP contribution in [0, 0.1) is 0 Å². The minimum Gasteiger partial charge on any atom is -0.476 e. The second-order valence-corrected chi connectivity index (χ2v) is 4.38. The molecule has 2 aliphatic heterocycles. The first-order chi connectivity index (χ1) is 9.09. The normalized spacial score (nSPS) is 25.8. The van der Waals surface area contributed by atoms with E-state index in [1.54, 1.807) is 0 Å². The first-order valence-electron chi connectivity index (χ1n) is 5.81. The number of aromatic carboxylic acids is 1. The standard InChI is InChI=1S/C12H10N2O5/c15-10-7-3-4-8(19-7)11(16)14(10)6-2-1-5-13-9(6)12(17)18/h1-2,5,7-8H,3-4H2,(H,17,18). The van der Waals surface area contributed by atoms with Crippen molar-refractivity contribution < 1.29 is 24.2 Å². The number of rotatable bonds is 2. The van der Waals surface area contributed by atoms with Crippen LogP contribution in [0.25, 0.3) is 0 Å². The van der Waals surface area contributed by atoms with Crippen LogP contribution >= 0.6 is 0 Å². The summed E-state index contributed by atoms with van der Waals surface area (Å²) in [6.07, 6.45) is 0.939. The zero-order valence-corrected chi connectivity index (χ0v) is 9.78. The number of morpholine rings is 1. The highest BCUT2D eigenvalue weighted by atomic mass is 16.5. The second kappa shape index (κ2) is 4.13. The summed E-state index contributed by atoms with van der Waals surface area (Å²) in [4.78, 5) is 40.0. The number of hydrogen-bond donors (Lipinski definition) is 1. The summed E-state index contributed by atoms with van der Waals surface area (Å²) in [5.74, 6) is -2.32. The van der Waals surface area contributed by atoms with Crippen LogP contribution in [0.4, 0.5) is 5.69 Å². The van der Waals surface area contributed by atoms with Crippen LogP contribution < -0.4 is 4.90 Å². The van der Waals surface area contributed by atoms with Gasteiger partial charge in [0, 0.05) is 6.20 Å². The Morgan fingerprint density at radius 3 is 2.53 bits per heavy atom. The van der Waals surface area contributed by atoms with Crippen molar-refractivity contribution in [1.29, 1.82) is 0 Å². The SMILES string of the molecule is O=C(O)c1ncccc1N1C(=O)C2CCC(O2)C1=O. The number of carbonyl (C=O) groups is 3. The molecule has 98 valence electrons. The molecule has 0 spiro atoms. The van der Waals surface area contributed by atoms with Crippen LogP contribution in [0.1, 0.15) is 23.3 Å². The Morgan fingerprint density at radius 2 is 1.95 bits per heavy atom. The number of pyridine rings is 1. The first kappa shape index (κ1) is 11.8. The molecule has 0 saturated carbocycles. The minimum atomic E-state index is -1.28. The van der Waals surface area contributed by atoms with Gasteiger partial charge in [0.25, 0.3) is 11.8 Å². The molecule has 1 aromatic heterocycles. The molecule has 2 bridgehead atoms. The molecule has 2 atom stereocenters. The van der Waals surface area contributed by atoms with Gasteiger partial charge < -0.3 is 9.84 Å². The summed E-state index contributed by atoms with van der Waals surface area (Å²) in [5.41, 5.74) is -0.310. The number of carbonyl (C=O) groups excluding carboxylic acids is 2. The highest BCUT2D eigenvalue weighted by Crippen LogP contribution is 2.32. The fraction of sp³-hybridized carbons (Fsp3) is 0.333. The molecule has 7 heteroatoms. The molecule has 2 aliphatic rings.